The maximum Gasteiger partial charge on any atom is 0.220 e. The third-order valence-corrected chi connectivity index (χ3v) is 16.5. The van der Waals surface area contributed by atoms with E-state index in [1.807, 2.05) is 0 Å². The Kier molecular flexibility index (Phi) is 6.85. The van der Waals surface area contributed by atoms with Gasteiger partial charge >= 0.3 is 0 Å². The van der Waals surface area contributed by atoms with Gasteiger partial charge in [0.1, 0.15) is 0 Å². The highest BCUT2D eigenvalue weighted by Crippen LogP contribution is 2.33. The highest BCUT2D eigenvalue weighted by Gasteiger charge is 2.41. The SMILES string of the molecule is c1ccc([Si](c2ccccc2)(c2ccccc2)c2ccc3c(c2)n2c4ccccc4nc2n3-c2cccc(-n3c4ccccc4n4c5ccccc5nc34)c2)cc1. The van der Waals surface area contributed by atoms with E-state index < -0.39 is 8.07 Å². The number of rotatable bonds is 6. The molecule has 6 nitrogen and oxygen atoms in total. The lowest BCUT2D eigenvalue weighted by molar-refractivity contribution is 1.08. The van der Waals surface area contributed by atoms with E-state index >= 15 is 0 Å². The Morgan fingerprint density at radius 2 is 0.719 bits per heavy atom. The van der Waals surface area contributed by atoms with Crippen LogP contribution in [0.5, 0.6) is 0 Å². The first-order valence-electron chi connectivity index (χ1n) is 19.4. The van der Waals surface area contributed by atoms with E-state index in [9.17, 15) is 0 Å². The van der Waals surface area contributed by atoms with Gasteiger partial charge in [-0.25, -0.2) is 9.97 Å². The van der Waals surface area contributed by atoms with Crippen LogP contribution < -0.4 is 20.7 Å². The maximum absolute atomic E-state index is 5.33. The molecule has 12 aromatic rings. The van der Waals surface area contributed by atoms with Gasteiger partial charge in [-0.3, -0.25) is 17.9 Å². The number of hydrogen-bond donors (Lipinski definition) is 0. The fourth-order valence-corrected chi connectivity index (χ4v) is 14.1. The summed E-state index contributed by atoms with van der Waals surface area (Å²) in [5.41, 5.74) is 10.6. The van der Waals surface area contributed by atoms with Gasteiger partial charge in [0.25, 0.3) is 0 Å². The average Bonchev–Trinajstić information content (AvgIpc) is 4.02. The number of imidazole rings is 4. The van der Waals surface area contributed by atoms with Gasteiger partial charge in [-0.1, -0.05) is 140 Å². The molecule has 0 aliphatic carbocycles. The van der Waals surface area contributed by atoms with Crippen LogP contribution >= 0.6 is 0 Å². The predicted molar refractivity (Wildman–Crippen MR) is 236 cm³/mol. The van der Waals surface area contributed by atoms with E-state index in [1.165, 1.54) is 20.7 Å². The van der Waals surface area contributed by atoms with Crippen molar-refractivity contribution in [2.45, 2.75) is 0 Å². The van der Waals surface area contributed by atoms with Gasteiger partial charge in [0, 0.05) is 0 Å². The van der Waals surface area contributed by atoms with Crippen molar-refractivity contribution >= 4 is 84.5 Å². The zero-order valence-electron chi connectivity index (χ0n) is 30.8. The molecule has 7 heteroatoms. The van der Waals surface area contributed by atoms with Crippen LogP contribution in [-0.2, 0) is 0 Å². The lowest BCUT2D eigenvalue weighted by atomic mass is 10.2. The van der Waals surface area contributed by atoms with E-state index in [1.54, 1.807) is 0 Å². The molecule has 0 radical (unpaired) electrons. The molecule has 4 heterocycles. The Labute approximate surface area is 328 Å². The number of aromatic nitrogens is 6. The van der Waals surface area contributed by atoms with Crippen molar-refractivity contribution in [2.24, 2.45) is 0 Å². The van der Waals surface area contributed by atoms with Crippen molar-refractivity contribution in [1.82, 2.24) is 27.9 Å². The van der Waals surface area contributed by atoms with Crippen molar-refractivity contribution in [2.75, 3.05) is 0 Å². The molecule has 0 amide bonds. The van der Waals surface area contributed by atoms with Crippen molar-refractivity contribution in [1.29, 1.82) is 0 Å². The van der Waals surface area contributed by atoms with Crippen LogP contribution in [0.4, 0.5) is 0 Å². The van der Waals surface area contributed by atoms with Crippen LogP contribution in [0.1, 0.15) is 0 Å². The van der Waals surface area contributed by atoms with Crippen LogP contribution in [0.15, 0.2) is 206 Å². The highest BCUT2D eigenvalue weighted by atomic mass is 28.3. The maximum atomic E-state index is 5.33. The van der Waals surface area contributed by atoms with Gasteiger partial charge in [0.2, 0.25) is 11.6 Å². The number of para-hydroxylation sites is 6. The van der Waals surface area contributed by atoms with E-state index in [0.717, 1.165) is 67.1 Å². The molecule has 0 saturated carbocycles. The summed E-state index contributed by atoms with van der Waals surface area (Å²) < 4.78 is 9.23. The summed E-state index contributed by atoms with van der Waals surface area (Å²) in [6, 6.07) is 74.7. The summed E-state index contributed by atoms with van der Waals surface area (Å²) >= 11 is 0. The van der Waals surface area contributed by atoms with Gasteiger partial charge in [0.15, 0.2) is 8.07 Å². The molecule has 0 aliphatic rings. The average molecular weight is 747 g/mol. The zero-order chi connectivity index (χ0) is 37.5. The molecule has 0 spiro atoms. The first-order valence-corrected chi connectivity index (χ1v) is 21.4. The summed E-state index contributed by atoms with van der Waals surface area (Å²) in [5.74, 6) is 1.76. The standard InChI is InChI=1S/C50H34N6Si/c1-4-19-37(20-5-1)57(38-21-6-2-7-22-38,39-23-8-3-9-24-39)40-31-32-47-48(34-40)56-44-28-13-11-26-42(44)52-50(56)54(47)36-18-16-17-35(33-36)53-45-29-14-15-30-46(45)55-43-27-12-10-25-41(43)51-49(53)55/h1-34H. The summed E-state index contributed by atoms with van der Waals surface area (Å²) in [7, 11) is -2.79. The van der Waals surface area contributed by atoms with Crippen LogP contribution in [0.25, 0.3) is 67.1 Å². The van der Waals surface area contributed by atoms with E-state index in [2.05, 4.69) is 224 Å². The smallest absolute Gasteiger partial charge is 0.220 e. The van der Waals surface area contributed by atoms with E-state index in [4.69, 9.17) is 9.97 Å². The zero-order valence-corrected chi connectivity index (χ0v) is 31.8. The Balaban J connectivity index is 1.15. The lowest BCUT2D eigenvalue weighted by Gasteiger charge is -2.34. The normalized spacial score (nSPS) is 12.2. The fourth-order valence-electron chi connectivity index (χ4n) is 9.33. The monoisotopic (exact) mass is 746 g/mol. The number of nitrogens with zero attached hydrogens (tertiary/aromatic N) is 6. The summed E-state index contributed by atoms with van der Waals surface area (Å²) in [4.78, 5) is 10.5. The molecule has 0 fully saturated rings. The molecule has 0 unspecified atom stereocenters. The Morgan fingerprint density at radius 3 is 1.25 bits per heavy atom. The molecule has 0 bridgehead atoms. The summed E-state index contributed by atoms with van der Waals surface area (Å²) in [6.07, 6.45) is 0. The number of hydrogen-bond acceptors (Lipinski definition) is 2. The molecule has 0 saturated heterocycles. The number of fused-ring (bicyclic) bond motifs is 10. The van der Waals surface area contributed by atoms with Crippen molar-refractivity contribution in [3.8, 4) is 11.4 Å². The van der Waals surface area contributed by atoms with Crippen molar-refractivity contribution in [3.63, 3.8) is 0 Å². The molecule has 0 atom stereocenters. The van der Waals surface area contributed by atoms with E-state index in [-0.39, 0.29) is 0 Å². The second kappa shape index (κ2) is 12.3. The Bertz CT molecular complexity index is 3370. The minimum atomic E-state index is -2.79. The Hall–Kier alpha value is -7.48. The third-order valence-electron chi connectivity index (χ3n) is 11.7. The number of benzene rings is 8. The summed E-state index contributed by atoms with van der Waals surface area (Å²) in [6.45, 7) is 0. The van der Waals surface area contributed by atoms with Gasteiger partial charge < -0.3 is 0 Å². The first kappa shape index (κ1) is 31.8. The van der Waals surface area contributed by atoms with Crippen LogP contribution in [-0.4, -0.2) is 36.0 Å². The van der Waals surface area contributed by atoms with Crippen molar-refractivity contribution < 1.29 is 0 Å². The first-order chi connectivity index (χ1) is 28.3. The van der Waals surface area contributed by atoms with E-state index in [0.29, 0.717) is 0 Å². The van der Waals surface area contributed by atoms with Gasteiger partial charge in [-0.05, 0) is 87.5 Å². The minimum Gasteiger partial charge on any atom is -0.278 e. The van der Waals surface area contributed by atoms with Crippen molar-refractivity contribution in [3.05, 3.63) is 206 Å². The van der Waals surface area contributed by atoms with Gasteiger partial charge in [-0.15, -0.1) is 0 Å². The van der Waals surface area contributed by atoms with Gasteiger partial charge in [-0.2, -0.15) is 0 Å². The molecular formula is C50H34N6Si. The second-order valence-corrected chi connectivity index (χ2v) is 18.5. The molecular weight excluding hydrogens is 713 g/mol. The molecule has 12 rings (SSSR count). The molecule has 4 aromatic heterocycles. The largest absolute Gasteiger partial charge is 0.278 e. The molecule has 0 aliphatic heterocycles. The molecule has 0 N–H and O–H groups in total. The van der Waals surface area contributed by atoms with Crippen LogP contribution in [0.3, 0.4) is 0 Å². The molecule has 57 heavy (non-hydrogen) atoms. The van der Waals surface area contributed by atoms with Crippen LogP contribution in [0, 0.1) is 0 Å². The quantitative estimate of drug-likeness (QED) is 0.127. The van der Waals surface area contributed by atoms with Crippen LogP contribution in [0.2, 0.25) is 0 Å². The van der Waals surface area contributed by atoms with Gasteiger partial charge in [0.05, 0.1) is 55.5 Å². The fraction of sp³-hybridized carbons (Fsp3) is 0. The second-order valence-electron chi connectivity index (χ2n) is 14.7. The predicted octanol–water partition coefficient (Wildman–Crippen LogP) is 8.55. The lowest BCUT2D eigenvalue weighted by Crippen LogP contribution is -2.74. The minimum absolute atomic E-state index is 0.876. The highest BCUT2D eigenvalue weighted by molar-refractivity contribution is 7.20. The summed E-state index contributed by atoms with van der Waals surface area (Å²) in [5, 5.41) is 5.35. The third kappa shape index (κ3) is 4.51. The molecule has 8 aromatic carbocycles. The topological polar surface area (TPSA) is 44.5 Å². The Morgan fingerprint density at radius 1 is 0.298 bits per heavy atom. The molecule has 268 valence electrons.